The van der Waals surface area contributed by atoms with Crippen molar-refractivity contribution in [3.63, 3.8) is 0 Å². The molecule has 0 radical (unpaired) electrons. The van der Waals surface area contributed by atoms with E-state index in [1.165, 1.54) is 0 Å². The molecule has 10 nitrogen and oxygen atoms in total. The Morgan fingerprint density at radius 1 is 1.35 bits per heavy atom. The van der Waals surface area contributed by atoms with E-state index in [0.29, 0.717) is 47.0 Å². The van der Waals surface area contributed by atoms with Crippen LogP contribution >= 0.6 is 22.6 Å². The van der Waals surface area contributed by atoms with E-state index in [1.807, 2.05) is 6.92 Å². The van der Waals surface area contributed by atoms with Gasteiger partial charge in [0.05, 0.1) is 35.1 Å². The minimum atomic E-state index is -0.770. The van der Waals surface area contributed by atoms with E-state index >= 15 is 0 Å². The van der Waals surface area contributed by atoms with Crippen molar-refractivity contribution >= 4 is 40.5 Å². The summed E-state index contributed by atoms with van der Waals surface area (Å²) < 4.78 is 13.2. The van der Waals surface area contributed by atoms with E-state index in [-0.39, 0.29) is 12.0 Å². The molecule has 1 amide bonds. The topological polar surface area (TPSA) is 128 Å². The first kappa shape index (κ1) is 23.2. The molecule has 0 bridgehead atoms. The predicted octanol–water partition coefficient (Wildman–Crippen LogP) is 4.10. The van der Waals surface area contributed by atoms with E-state index in [1.54, 1.807) is 23.0 Å². The van der Waals surface area contributed by atoms with Gasteiger partial charge >= 0.3 is 12.1 Å². The molecule has 2 heterocycles. The molecule has 31 heavy (non-hydrogen) atoms. The van der Waals surface area contributed by atoms with Crippen molar-refractivity contribution in [3.8, 4) is 17.1 Å². The Labute approximate surface area is 193 Å². The standard InChI is InChI=1S/C20H26IN5O5/c1-2-3-9-30-20(29)23-18-17(24-25-26(18)12-21)16-8-7-15(11-22-16)31-14-6-4-5-13(10-14)19(27)28/h7-8,11,13-14H,2-6,9-10,12H2,1H3,(H,23,29)(H,27,28)/t13-,14-/m0/s1. The van der Waals surface area contributed by atoms with Gasteiger partial charge in [-0.15, -0.1) is 5.10 Å². The Kier molecular flexibility index (Phi) is 8.43. The number of nitrogens with one attached hydrogen (secondary N) is 1. The third-order valence-electron chi connectivity index (χ3n) is 5.06. The van der Waals surface area contributed by atoms with E-state index in [2.05, 4.69) is 43.2 Å². The number of aromatic nitrogens is 4. The molecule has 2 N–H and O–H groups in total. The van der Waals surface area contributed by atoms with Gasteiger partial charge in [-0.1, -0.05) is 41.1 Å². The summed E-state index contributed by atoms with van der Waals surface area (Å²) in [6, 6.07) is 3.50. The summed E-state index contributed by atoms with van der Waals surface area (Å²) in [5.41, 5.74) is 0.957. The van der Waals surface area contributed by atoms with Gasteiger partial charge in [0, 0.05) is 0 Å². The van der Waals surface area contributed by atoms with Crippen LogP contribution in [0.1, 0.15) is 45.4 Å². The number of pyridine rings is 1. The molecule has 2 aromatic rings. The Morgan fingerprint density at radius 3 is 2.87 bits per heavy atom. The SMILES string of the molecule is CCCCOC(=O)Nc1c(-c2ccc(O[C@H]3CCC[C@H](C(=O)O)C3)cn2)nnn1CI. The molecule has 0 unspecified atom stereocenters. The average Bonchev–Trinajstić information content (AvgIpc) is 3.17. The number of carboxylic acids is 1. The second-order valence-corrected chi connectivity index (χ2v) is 8.02. The molecule has 2 aromatic heterocycles. The number of amides is 1. The first-order valence-corrected chi connectivity index (χ1v) is 11.8. The van der Waals surface area contributed by atoms with Crippen LogP contribution in [-0.4, -0.2) is 49.9 Å². The van der Waals surface area contributed by atoms with Crippen LogP contribution < -0.4 is 10.1 Å². The number of nitrogens with zero attached hydrogens (tertiary/aromatic N) is 4. The largest absolute Gasteiger partial charge is 0.489 e. The molecule has 0 aromatic carbocycles. The Hall–Kier alpha value is -2.44. The van der Waals surface area contributed by atoms with Gasteiger partial charge in [-0.3, -0.25) is 15.1 Å². The van der Waals surface area contributed by atoms with Crippen molar-refractivity contribution in [2.75, 3.05) is 11.9 Å². The molecule has 1 fully saturated rings. The number of hydrogen-bond donors (Lipinski definition) is 2. The highest BCUT2D eigenvalue weighted by Gasteiger charge is 2.28. The van der Waals surface area contributed by atoms with Crippen molar-refractivity contribution in [2.45, 2.75) is 56.1 Å². The second kappa shape index (κ2) is 11.3. The maximum atomic E-state index is 12.1. The number of alkyl halides is 1. The summed E-state index contributed by atoms with van der Waals surface area (Å²) in [6.45, 7) is 2.36. The van der Waals surface area contributed by atoms with Gasteiger partial charge in [-0.2, -0.15) is 0 Å². The van der Waals surface area contributed by atoms with Gasteiger partial charge < -0.3 is 14.6 Å². The number of aliphatic carboxylic acids is 1. The van der Waals surface area contributed by atoms with E-state index in [0.717, 1.165) is 25.7 Å². The monoisotopic (exact) mass is 543 g/mol. The van der Waals surface area contributed by atoms with Gasteiger partial charge in [0.25, 0.3) is 0 Å². The highest BCUT2D eigenvalue weighted by atomic mass is 127. The molecule has 3 rings (SSSR count). The fourth-order valence-corrected chi connectivity index (χ4v) is 3.87. The van der Waals surface area contributed by atoms with E-state index < -0.39 is 12.1 Å². The molecule has 1 aliphatic carbocycles. The van der Waals surface area contributed by atoms with E-state index in [9.17, 15) is 14.7 Å². The fourth-order valence-electron chi connectivity index (χ4n) is 3.39. The van der Waals surface area contributed by atoms with Crippen LogP contribution in [0.25, 0.3) is 11.4 Å². The summed E-state index contributed by atoms with van der Waals surface area (Å²) in [5, 5.41) is 20.2. The zero-order valence-corrected chi connectivity index (χ0v) is 19.4. The molecule has 0 saturated heterocycles. The van der Waals surface area contributed by atoms with Gasteiger partial charge in [-0.05, 0) is 44.2 Å². The number of carbonyl (C=O) groups excluding carboxylic acids is 1. The molecule has 0 spiro atoms. The second-order valence-electron chi connectivity index (χ2n) is 7.34. The predicted molar refractivity (Wildman–Crippen MR) is 121 cm³/mol. The molecule has 11 heteroatoms. The molecule has 2 atom stereocenters. The molecule has 1 aliphatic rings. The number of hydrogen-bond acceptors (Lipinski definition) is 7. The summed E-state index contributed by atoms with van der Waals surface area (Å²) in [5.74, 6) is -0.156. The van der Waals surface area contributed by atoms with Crippen molar-refractivity contribution in [1.29, 1.82) is 0 Å². The van der Waals surface area contributed by atoms with Gasteiger partial charge in [0.15, 0.2) is 11.5 Å². The number of carbonyl (C=O) groups is 2. The van der Waals surface area contributed by atoms with Crippen LogP contribution in [0, 0.1) is 5.92 Å². The lowest BCUT2D eigenvalue weighted by molar-refractivity contribution is -0.143. The smallest absolute Gasteiger partial charge is 0.412 e. The lowest BCUT2D eigenvalue weighted by Gasteiger charge is -2.27. The van der Waals surface area contributed by atoms with Crippen molar-refractivity contribution in [1.82, 2.24) is 20.0 Å². The van der Waals surface area contributed by atoms with Crippen molar-refractivity contribution in [3.05, 3.63) is 18.3 Å². The van der Waals surface area contributed by atoms with Crippen LogP contribution in [0.2, 0.25) is 0 Å². The first-order chi connectivity index (χ1) is 15.0. The molecule has 1 saturated carbocycles. The highest BCUT2D eigenvalue weighted by molar-refractivity contribution is 14.1. The number of unbranched alkanes of at least 4 members (excludes halogenated alkanes) is 1. The van der Waals surface area contributed by atoms with Crippen LogP contribution in [0.5, 0.6) is 5.75 Å². The van der Waals surface area contributed by atoms with Gasteiger partial charge in [-0.25, -0.2) is 9.48 Å². The maximum Gasteiger partial charge on any atom is 0.412 e. The van der Waals surface area contributed by atoms with Gasteiger partial charge in [0.1, 0.15) is 5.75 Å². The Morgan fingerprint density at radius 2 is 2.19 bits per heavy atom. The Bertz CT molecular complexity index is 889. The van der Waals surface area contributed by atoms with E-state index in [4.69, 9.17) is 9.47 Å². The average molecular weight is 543 g/mol. The lowest BCUT2D eigenvalue weighted by atomic mass is 9.87. The maximum absolute atomic E-state index is 12.1. The number of anilines is 1. The summed E-state index contributed by atoms with van der Waals surface area (Å²) >= 11 is 2.12. The minimum absolute atomic E-state index is 0.141. The Balaban J connectivity index is 1.68. The molecule has 168 valence electrons. The summed E-state index contributed by atoms with van der Waals surface area (Å²) in [4.78, 5) is 27.7. The number of ether oxygens (including phenoxy) is 2. The first-order valence-electron chi connectivity index (χ1n) is 10.3. The zero-order chi connectivity index (χ0) is 22.2. The zero-order valence-electron chi connectivity index (χ0n) is 17.3. The lowest BCUT2D eigenvalue weighted by Crippen LogP contribution is -2.29. The third kappa shape index (κ3) is 6.28. The quantitative estimate of drug-likeness (QED) is 0.275. The molecule has 0 aliphatic heterocycles. The summed E-state index contributed by atoms with van der Waals surface area (Å²) in [6.07, 6.45) is 5.44. The highest BCUT2D eigenvalue weighted by Crippen LogP contribution is 2.30. The number of rotatable bonds is 9. The van der Waals surface area contributed by atoms with Crippen molar-refractivity contribution in [2.24, 2.45) is 5.92 Å². The van der Waals surface area contributed by atoms with Crippen LogP contribution in [0.4, 0.5) is 10.6 Å². The number of carboxylic acid groups (broad SMARTS) is 1. The van der Waals surface area contributed by atoms with Crippen LogP contribution in [-0.2, 0) is 14.1 Å². The molecular formula is C20H26IN5O5. The minimum Gasteiger partial charge on any atom is -0.489 e. The number of halogens is 1. The molecular weight excluding hydrogens is 517 g/mol. The third-order valence-corrected chi connectivity index (χ3v) is 5.70. The fraction of sp³-hybridized carbons (Fsp3) is 0.550. The van der Waals surface area contributed by atoms with Crippen molar-refractivity contribution < 1.29 is 24.2 Å². The van der Waals surface area contributed by atoms with Crippen LogP contribution in [0.3, 0.4) is 0 Å². The summed E-state index contributed by atoms with van der Waals surface area (Å²) in [7, 11) is 0. The van der Waals surface area contributed by atoms with Gasteiger partial charge in [0.2, 0.25) is 0 Å². The van der Waals surface area contributed by atoms with Crippen LogP contribution in [0.15, 0.2) is 18.3 Å². The normalized spacial score (nSPS) is 18.4.